The smallest absolute Gasteiger partial charge is 0.138 e. The van der Waals surface area contributed by atoms with Crippen LogP contribution in [0, 0.1) is 26.7 Å². The summed E-state index contributed by atoms with van der Waals surface area (Å²) in [6, 6.07) is 8.90. The fourth-order valence-corrected chi connectivity index (χ4v) is 3.73. The molecule has 0 aliphatic rings. The molecule has 1 nitrogen and oxygen atoms in total. The quantitative estimate of drug-likeness (QED) is 0.484. The summed E-state index contributed by atoms with van der Waals surface area (Å²) in [4.78, 5) is 0. The number of hydrogen-bond donors (Lipinski definition) is 0. The first-order valence-corrected chi connectivity index (χ1v) is 8.95. The highest BCUT2D eigenvalue weighted by Crippen LogP contribution is 2.40. The molecule has 0 fully saturated rings. The lowest BCUT2D eigenvalue weighted by Crippen LogP contribution is -1.93. The molecule has 0 atom stereocenters. The summed E-state index contributed by atoms with van der Waals surface area (Å²) in [5.74, 6) is 0.680. The lowest BCUT2D eigenvalue weighted by molar-refractivity contribution is 0.613. The minimum atomic E-state index is 0.680. The second-order valence-electron chi connectivity index (χ2n) is 6.84. The molecule has 2 heteroatoms. The van der Waals surface area contributed by atoms with Gasteiger partial charge in [0, 0.05) is 15.4 Å². The normalized spacial score (nSPS) is 11.6. The zero-order valence-corrected chi connectivity index (χ0v) is 16.0. The van der Waals surface area contributed by atoms with Gasteiger partial charge in [-0.25, -0.2) is 0 Å². The van der Waals surface area contributed by atoms with E-state index in [1.165, 1.54) is 43.2 Å². The second kappa shape index (κ2) is 6.16. The van der Waals surface area contributed by atoms with Gasteiger partial charge in [0.05, 0.1) is 6.26 Å². The third-order valence-electron chi connectivity index (χ3n) is 4.64. The molecule has 1 aromatic heterocycles. The van der Waals surface area contributed by atoms with Crippen molar-refractivity contribution in [2.75, 3.05) is 0 Å². The number of aryl methyl sites for hydroxylation is 2. The number of hydrogen-bond acceptors (Lipinski definition) is 1. The first-order valence-electron chi connectivity index (χ1n) is 8.16. The number of furan rings is 1. The zero-order chi connectivity index (χ0) is 16.7. The van der Waals surface area contributed by atoms with E-state index in [4.69, 9.17) is 4.42 Å². The largest absolute Gasteiger partial charge is 0.463 e. The van der Waals surface area contributed by atoms with Crippen LogP contribution < -0.4 is 0 Å². The summed E-state index contributed by atoms with van der Waals surface area (Å²) >= 11 is 3.74. The van der Waals surface area contributed by atoms with E-state index in [9.17, 15) is 0 Å². The lowest BCUT2D eigenvalue weighted by Gasteiger charge is -2.10. The number of fused-ring (bicyclic) bond motifs is 1. The molecule has 1 heterocycles. The van der Waals surface area contributed by atoms with Crippen LogP contribution in [-0.2, 0) is 6.42 Å². The van der Waals surface area contributed by atoms with Crippen LogP contribution >= 0.6 is 15.9 Å². The van der Waals surface area contributed by atoms with Crippen molar-refractivity contribution in [2.24, 2.45) is 5.92 Å². The van der Waals surface area contributed by atoms with Gasteiger partial charge in [-0.2, -0.15) is 0 Å². The number of halogens is 1. The van der Waals surface area contributed by atoms with Crippen LogP contribution in [0.2, 0.25) is 0 Å². The molecule has 0 saturated heterocycles. The van der Waals surface area contributed by atoms with Gasteiger partial charge in [-0.1, -0.05) is 54.0 Å². The van der Waals surface area contributed by atoms with E-state index in [0.29, 0.717) is 5.92 Å². The summed E-state index contributed by atoms with van der Waals surface area (Å²) in [5, 5.41) is 1.22. The first kappa shape index (κ1) is 16.3. The van der Waals surface area contributed by atoms with Crippen molar-refractivity contribution in [3.8, 4) is 11.1 Å². The van der Waals surface area contributed by atoms with Gasteiger partial charge in [-0.3, -0.25) is 0 Å². The van der Waals surface area contributed by atoms with E-state index in [1.54, 1.807) is 0 Å². The molecule has 0 aliphatic carbocycles. The van der Waals surface area contributed by atoms with Crippen molar-refractivity contribution in [1.29, 1.82) is 0 Å². The average Bonchev–Trinajstić information content (AvgIpc) is 2.96. The van der Waals surface area contributed by atoms with Gasteiger partial charge in [0.2, 0.25) is 0 Å². The van der Waals surface area contributed by atoms with Crippen molar-refractivity contribution >= 4 is 26.9 Å². The Bertz CT molecular complexity index is 854. The van der Waals surface area contributed by atoms with Gasteiger partial charge in [0.25, 0.3) is 0 Å². The predicted octanol–water partition coefficient (Wildman–Crippen LogP) is 6.99. The summed E-state index contributed by atoms with van der Waals surface area (Å²) in [6.07, 6.45) is 3.02. The third kappa shape index (κ3) is 2.85. The molecule has 0 radical (unpaired) electrons. The Labute approximate surface area is 146 Å². The topological polar surface area (TPSA) is 13.1 Å². The molecule has 0 spiro atoms. The van der Waals surface area contributed by atoms with Crippen LogP contribution in [0.5, 0.6) is 0 Å². The lowest BCUT2D eigenvalue weighted by atomic mass is 9.95. The Morgan fingerprint density at radius 1 is 0.957 bits per heavy atom. The van der Waals surface area contributed by atoms with Gasteiger partial charge < -0.3 is 4.42 Å². The molecule has 3 aromatic rings. The molecule has 0 amide bonds. The average molecular weight is 371 g/mol. The van der Waals surface area contributed by atoms with E-state index < -0.39 is 0 Å². The fraction of sp³-hybridized carbons (Fsp3) is 0.333. The van der Waals surface area contributed by atoms with Crippen molar-refractivity contribution in [3.63, 3.8) is 0 Å². The van der Waals surface area contributed by atoms with Gasteiger partial charge in [0.1, 0.15) is 5.58 Å². The molecule has 0 saturated carbocycles. The minimum absolute atomic E-state index is 0.680. The van der Waals surface area contributed by atoms with E-state index in [1.807, 2.05) is 6.26 Å². The van der Waals surface area contributed by atoms with Crippen LogP contribution in [0.25, 0.3) is 22.1 Å². The standard InChI is InChI=1S/C21H23BrO/c1-12(2)10-16-6-8-17(9-7-16)18-11-23-21-14(4)13(3)20(22)15(5)19(18)21/h6-9,11-12H,10H2,1-5H3. The molecular weight excluding hydrogens is 348 g/mol. The fourth-order valence-electron chi connectivity index (χ4n) is 3.24. The SMILES string of the molecule is Cc1c(Br)c(C)c2c(-c3ccc(CC(C)C)cc3)coc2c1C. The summed E-state index contributed by atoms with van der Waals surface area (Å²) < 4.78 is 7.11. The molecular formula is C21H23BrO. The molecule has 120 valence electrons. The molecule has 0 bridgehead atoms. The van der Waals surface area contributed by atoms with E-state index in [-0.39, 0.29) is 0 Å². The van der Waals surface area contributed by atoms with Gasteiger partial charge in [-0.15, -0.1) is 0 Å². The first-order chi connectivity index (χ1) is 10.9. The van der Waals surface area contributed by atoms with Gasteiger partial charge in [-0.05, 0) is 60.9 Å². The van der Waals surface area contributed by atoms with E-state index in [2.05, 4.69) is 74.8 Å². The van der Waals surface area contributed by atoms with Crippen molar-refractivity contribution in [1.82, 2.24) is 0 Å². The summed E-state index contributed by atoms with van der Waals surface area (Å²) in [7, 11) is 0. The van der Waals surface area contributed by atoms with Gasteiger partial charge >= 0.3 is 0 Å². The highest BCUT2D eigenvalue weighted by Gasteiger charge is 2.17. The van der Waals surface area contributed by atoms with Crippen LogP contribution in [0.1, 0.15) is 36.1 Å². The van der Waals surface area contributed by atoms with Crippen LogP contribution in [-0.4, -0.2) is 0 Å². The maximum atomic E-state index is 5.92. The highest BCUT2D eigenvalue weighted by molar-refractivity contribution is 9.10. The Hall–Kier alpha value is -1.54. The van der Waals surface area contributed by atoms with Crippen molar-refractivity contribution in [2.45, 2.75) is 41.0 Å². The predicted molar refractivity (Wildman–Crippen MR) is 102 cm³/mol. The number of rotatable bonds is 3. The second-order valence-corrected chi connectivity index (χ2v) is 7.63. The monoisotopic (exact) mass is 370 g/mol. The minimum Gasteiger partial charge on any atom is -0.463 e. The van der Waals surface area contributed by atoms with E-state index in [0.717, 1.165) is 12.0 Å². The maximum absolute atomic E-state index is 5.92. The summed E-state index contributed by atoms with van der Waals surface area (Å²) in [6.45, 7) is 10.9. The maximum Gasteiger partial charge on any atom is 0.138 e. The molecule has 0 aliphatic heterocycles. The third-order valence-corrected chi connectivity index (χ3v) is 5.83. The zero-order valence-electron chi connectivity index (χ0n) is 14.5. The molecule has 3 rings (SSSR count). The van der Waals surface area contributed by atoms with Crippen LogP contribution in [0.3, 0.4) is 0 Å². The van der Waals surface area contributed by atoms with Gasteiger partial charge in [0.15, 0.2) is 0 Å². The Balaban J connectivity index is 2.14. The summed E-state index contributed by atoms with van der Waals surface area (Å²) in [5.41, 5.74) is 8.50. The molecule has 23 heavy (non-hydrogen) atoms. The van der Waals surface area contributed by atoms with Crippen LogP contribution in [0.15, 0.2) is 39.4 Å². The Morgan fingerprint density at radius 2 is 1.61 bits per heavy atom. The van der Waals surface area contributed by atoms with Crippen molar-refractivity contribution in [3.05, 3.63) is 57.3 Å². The van der Waals surface area contributed by atoms with Crippen molar-refractivity contribution < 1.29 is 4.42 Å². The van der Waals surface area contributed by atoms with Crippen LogP contribution in [0.4, 0.5) is 0 Å². The highest BCUT2D eigenvalue weighted by atomic mass is 79.9. The molecule has 0 unspecified atom stereocenters. The van der Waals surface area contributed by atoms with E-state index >= 15 is 0 Å². The molecule has 0 N–H and O–H groups in total. The molecule has 2 aromatic carbocycles. The number of benzene rings is 2. The Morgan fingerprint density at radius 3 is 2.22 bits per heavy atom. The Kier molecular flexibility index (Phi) is 4.37.